The zero-order valence-corrected chi connectivity index (χ0v) is 9.96. The van der Waals surface area contributed by atoms with Gasteiger partial charge in [0.25, 0.3) is 0 Å². The van der Waals surface area contributed by atoms with Crippen LogP contribution in [0.4, 0.5) is 0 Å². The highest BCUT2D eigenvalue weighted by atomic mass is 32.2. The maximum Gasteiger partial charge on any atom is 0.0789 e. The molecule has 0 bridgehead atoms. The minimum absolute atomic E-state index is 0.485. The molecule has 1 N–H and O–H groups in total. The summed E-state index contributed by atoms with van der Waals surface area (Å²) in [6.07, 6.45) is 1.29. The van der Waals surface area contributed by atoms with Crippen molar-refractivity contribution in [2.75, 3.05) is 12.3 Å². The molecule has 0 aliphatic carbocycles. The second-order valence-electron chi connectivity index (χ2n) is 4.17. The topological polar surface area (TPSA) is 12.0 Å². The van der Waals surface area contributed by atoms with Crippen LogP contribution >= 0.6 is 11.8 Å². The standard InChI is InChI=1S/C14H15NS/c1-2-5-12-10-13(7-6-11(12)4-1)14-15-8-3-9-16-14/h1-2,4-7,10,14-15H,3,8-9H2. The van der Waals surface area contributed by atoms with Gasteiger partial charge in [0.2, 0.25) is 0 Å². The number of fused-ring (bicyclic) bond motifs is 1. The molecule has 1 saturated heterocycles. The van der Waals surface area contributed by atoms with Gasteiger partial charge >= 0.3 is 0 Å². The summed E-state index contributed by atoms with van der Waals surface area (Å²) in [7, 11) is 0. The highest BCUT2D eigenvalue weighted by molar-refractivity contribution is 7.99. The summed E-state index contributed by atoms with van der Waals surface area (Å²) < 4.78 is 0. The van der Waals surface area contributed by atoms with Crippen molar-refractivity contribution in [3.05, 3.63) is 48.0 Å². The molecule has 0 amide bonds. The lowest BCUT2D eigenvalue weighted by Crippen LogP contribution is -2.25. The van der Waals surface area contributed by atoms with E-state index in [9.17, 15) is 0 Å². The van der Waals surface area contributed by atoms with Crippen LogP contribution < -0.4 is 5.32 Å². The lowest BCUT2D eigenvalue weighted by atomic mass is 10.1. The fraction of sp³-hybridized carbons (Fsp3) is 0.286. The van der Waals surface area contributed by atoms with Crippen LogP contribution in [-0.2, 0) is 0 Å². The first-order chi connectivity index (χ1) is 7.93. The Balaban J connectivity index is 1.97. The van der Waals surface area contributed by atoms with Gasteiger partial charge in [0.05, 0.1) is 5.37 Å². The van der Waals surface area contributed by atoms with Crippen LogP contribution in [0.1, 0.15) is 17.4 Å². The van der Waals surface area contributed by atoms with E-state index in [-0.39, 0.29) is 0 Å². The average Bonchev–Trinajstić information content (AvgIpc) is 2.39. The third-order valence-electron chi connectivity index (χ3n) is 3.01. The molecule has 16 heavy (non-hydrogen) atoms. The largest absolute Gasteiger partial charge is 0.302 e. The highest BCUT2D eigenvalue weighted by Crippen LogP contribution is 2.31. The van der Waals surface area contributed by atoms with Gasteiger partial charge in [0.15, 0.2) is 0 Å². The molecule has 1 fully saturated rings. The first kappa shape index (κ1) is 10.2. The number of hydrogen-bond donors (Lipinski definition) is 1. The maximum atomic E-state index is 3.56. The molecule has 1 heterocycles. The summed E-state index contributed by atoms with van der Waals surface area (Å²) in [5.74, 6) is 1.27. The second kappa shape index (κ2) is 4.48. The SMILES string of the molecule is c1ccc2cc(C3NCCCS3)ccc2c1. The number of rotatable bonds is 1. The number of benzene rings is 2. The van der Waals surface area contributed by atoms with Crippen molar-refractivity contribution in [3.63, 3.8) is 0 Å². The quantitative estimate of drug-likeness (QED) is 0.802. The molecule has 2 aromatic carbocycles. The van der Waals surface area contributed by atoms with E-state index in [1.807, 2.05) is 11.8 Å². The predicted molar refractivity (Wildman–Crippen MR) is 71.8 cm³/mol. The third kappa shape index (κ3) is 1.95. The Bertz CT molecular complexity index is 489. The van der Waals surface area contributed by atoms with Crippen molar-refractivity contribution in [1.82, 2.24) is 5.32 Å². The fourth-order valence-electron chi connectivity index (χ4n) is 2.15. The summed E-state index contributed by atoms with van der Waals surface area (Å²) in [5.41, 5.74) is 1.41. The average molecular weight is 229 g/mol. The highest BCUT2D eigenvalue weighted by Gasteiger charge is 2.14. The van der Waals surface area contributed by atoms with Crippen molar-refractivity contribution in [1.29, 1.82) is 0 Å². The van der Waals surface area contributed by atoms with Crippen LogP contribution in [-0.4, -0.2) is 12.3 Å². The van der Waals surface area contributed by atoms with Crippen LogP contribution in [0.3, 0.4) is 0 Å². The van der Waals surface area contributed by atoms with E-state index in [0.717, 1.165) is 6.54 Å². The van der Waals surface area contributed by atoms with Crippen molar-refractivity contribution in [2.45, 2.75) is 11.8 Å². The lowest BCUT2D eigenvalue weighted by Gasteiger charge is -2.23. The van der Waals surface area contributed by atoms with Crippen molar-refractivity contribution in [2.24, 2.45) is 0 Å². The van der Waals surface area contributed by atoms with Gasteiger partial charge in [0.1, 0.15) is 0 Å². The monoisotopic (exact) mass is 229 g/mol. The molecule has 2 heteroatoms. The Hall–Kier alpha value is -0.990. The number of thioether (sulfide) groups is 1. The molecule has 1 aliphatic rings. The molecule has 0 radical (unpaired) electrons. The van der Waals surface area contributed by atoms with Crippen molar-refractivity contribution < 1.29 is 0 Å². The van der Waals surface area contributed by atoms with Gasteiger partial charge in [0, 0.05) is 0 Å². The molecule has 3 rings (SSSR count). The van der Waals surface area contributed by atoms with Gasteiger partial charge in [-0.2, -0.15) is 0 Å². The molecule has 0 saturated carbocycles. The molecule has 0 spiro atoms. The summed E-state index contributed by atoms with van der Waals surface area (Å²) in [5, 5.41) is 6.71. The molecular weight excluding hydrogens is 214 g/mol. The Labute approximate surface area is 100 Å². The summed E-state index contributed by atoms with van der Waals surface area (Å²) in [6, 6.07) is 15.3. The van der Waals surface area contributed by atoms with E-state index in [1.165, 1.54) is 28.5 Å². The first-order valence-electron chi connectivity index (χ1n) is 5.77. The zero-order chi connectivity index (χ0) is 10.8. The maximum absolute atomic E-state index is 3.56. The molecule has 1 atom stereocenters. The Kier molecular flexibility index (Phi) is 2.85. The molecule has 0 aromatic heterocycles. The number of nitrogens with one attached hydrogen (secondary N) is 1. The Morgan fingerprint density at radius 3 is 2.75 bits per heavy atom. The minimum atomic E-state index is 0.485. The van der Waals surface area contributed by atoms with Gasteiger partial charge in [-0.15, -0.1) is 11.8 Å². The normalized spacial score (nSPS) is 21.1. The van der Waals surface area contributed by atoms with Crippen LogP contribution in [0.25, 0.3) is 10.8 Å². The molecule has 1 nitrogen and oxygen atoms in total. The predicted octanol–water partition coefficient (Wildman–Crippen LogP) is 3.56. The first-order valence-corrected chi connectivity index (χ1v) is 6.82. The minimum Gasteiger partial charge on any atom is -0.302 e. The summed E-state index contributed by atoms with van der Waals surface area (Å²) in [4.78, 5) is 0. The van der Waals surface area contributed by atoms with Crippen molar-refractivity contribution in [3.8, 4) is 0 Å². The smallest absolute Gasteiger partial charge is 0.0789 e. The number of hydrogen-bond acceptors (Lipinski definition) is 2. The van der Waals surface area contributed by atoms with Gasteiger partial charge in [-0.25, -0.2) is 0 Å². The van der Waals surface area contributed by atoms with E-state index in [1.54, 1.807) is 0 Å². The van der Waals surface area contributed by atoms with Crippen molar-refractivity contribution >= 4 is 22.5 Å². The van der Waals surface area contributed by atoms with Gasteiger partial charge in [-0.1, -0.05) is 36.4 Å². The zero-order valence-electron chi connectivity index (χ0n) is 9.15. The van der Waals surface area contributed by atoms with Crippen LogP contribution in [0.5, 0.6) is 0 Å². The van der Waals surface area contributed by atoms with Gasteiger partial charge in [-0.3, -0.25) is 0 Å². The summed E-state index contributed by atoms with van der Waals surface area (Å²) in [6.45, 7) is 1.14. The van der Waals surface area contributed by atoms with Gasteiger partial charge in [-0.05, 0) is 41.1 Å². The molecule has 2 aromatic rings. The van der Waals surface area contributed by atoms with Crippen LogP contribution in [0, 0.1) is 0 Å². The van der Waals surface area contributed by atoms with E-state index >= 15 is 0 Å². The third-order valence-corrected chi connectivity index (χ3v) is 4.31. The van der Waals surface area contributed by atoms with E-state index in [4.69, 9.17) is 0 Å². The van der Waals surface area contributed by atoms with Gasteiger partial charge < -0.3 is 5.32 Å². The lowest BCUT2D eigenvalue weighted by molar-refractivity contribution is 0.643. The second-order valence-corrected chi connectivity index (χ2v) is 5.38. The Morgan fingerprint density at radius 2 is 1.94 bits per heavy atom. The Morgan fingerprint density at radius 1 is 1.06 bits per heavy atom. The molecule has 1 unspecified atom stereocenters. The van der Waals surface area contributed by atoms with E-state index in [2.05, 4.69) is 47.8 Å². The van der Waals surface area contributed by atoms with E-state index < -0.39 is 0 Å². The molecule has 82 valence electrons. The van der Waals surface area contributed by atoms with Crippen LogP contribution in [0.15, 0.2) is 42.5 Å². The summed E-state index contributed by atoms with van der Waals surface area (Å²) >= 11 is 2.01. The fourth-order valence-corrected chi connectivity index (χ4v) is 3.27. The molecule has 1 aliphatic heterocycles. The van der Waals surface area contributed by atoms with E-state index in [0.29, 0.717) is 5.37 Å². The molecular formula is C14H15NS. The van der Waals surface area contributed by atoms with Crippen LogP contribution in [0.2, 0.25) is 0 Å².